The van der Waals surface area contributed by atoms with E-state index in [4.69, 9.17) is 14.2 Å². The maximum Gasteiger partial charge on any atom is 0.306 e. The molecule has 0 aromatic rings. The van der Waals surface area contributed by atoms with Gasteiger partial charge in [0.25, 0.3) is 0 Å². The van der Waals surface area contributed by atoms with Crippen molar-refractivity contribution in [3.05, 3.63) is 158 Å². The summed E-state index contributed by atoms with van der Waals surface area (Å²) in [5, 5.41) is 0. The zero-order chi connectivity index (χ0) is 59.9. The number of carbonyl (C=O) groups excluding carboxylic acids is 3. The van der Waals surface area contributed by atoms with E-state index < -0.39 is 6.10 Å². The van der Waals surface area contributed by atoms with Crippen LogP contribution in [-0.2, 0) is 28.6 Å². The molecular weight excluding hydrogens is 1020 g/mol. The Bertz CT molecular complexity index is 1840. The Morgan fingerprint density at radius 1 is 0.253 bits per heavy atom. The first-order valence-electron chi connectivity index (χ1n) is 34.0. The molecule has 0 saturated heterocycles. The highest BCUT2D eigenvalue weighted by Crippen LogP contribution is 2.16. The van der Waals surface area contributed by atoms with Crippen LogP contribution < -0.4 is 0 Å². The van der Waals surface area contributed by atoms with Crippen LogP contribution in [0.25, 0.3) is 0 Å². The van der Waals surface area contributed by atoms with Crippen LogP contribution in [0.3, 0.4) is 0 Å². The number of unbranched alkanes of at least 4 members (excludes halogenated alkanes) is 23. The molecule has 0 saturated carbocycles. The summed E-state index contributed by atoms with van der Waals surface area (Å²) in [6, 6.07) is 0. The highest BCUT2D eigenvalue weighted by atomic mass is 16.6. The van der Waals surface area contributed by atoms with E-state index >= 15 is 0 Å². The lowest BCUT2D eigenvalue weighted by Gasteiger charge is -2.18. The molecule has 1 atom stereocenters. The van der Waals surface area contributed by atoms with Gasteiger partial charge in [0.2, 0.25) is 0 Å². The second-order valence-corrected chi connectivity index (χ2v) is 22.0. The number of rotatable bonds is 60. The van der Waals surface area contributed by atoms with Gasteiger partial charge >= 0.3 is 17.9 Å². The van der Waals surface area contributed by atoms with Crippen molar-refractivity contribution in [1.82, 2.24) is 0 Å². The molecule has 0 aromatic heterocycles. The molecule has 6 heteroatoms. The van der Waals surface area contributed by atoms with Crippen molar-refractivity contribution < 1.29 is 28.6 Å². The normalized spacial score (nSPS) is 13.1. The summed E-state index contributed by atoms with van der Waals surface area (Å²) in [4.78, 5) is 38.4. The number of hydrogen-bond donors (Lipinski definition) is 0. The average molecular weight is 1150 g/mol. The number of ether oxygens (including phenoxy) is 3. The van der Waals surface area contributed by atoms with E-state index in [0.717, 1.165) is 109 Å². The fourth-order valence-electron chi connectivity index (χ4n) is 9.00. The molecule has 0 fully saturated rings. The van der Waals surface area contributed by atoms with Gasteiger partial charge in [0, 0.05) is 19.3 Å². The summed E-state index contributed by atoms with van der Waals surface area (Å²) in [5.41, 5.74) is 0. The van der Waals surface area contributed by atoms with Crippen LogP contribution in [-0.4, -0.2) is 37.2 Å². The Morgan fingerprint density at radius 2 is 0.494 bits per heavy atom. The number of esters is 3. The lowest BCUT2D eigenvalue weighted by Crippen LogP contribution is -2.30. The second-order valence-electron chi connectivity index (χ2n) is 22.0. The zero-order valence-corrected chi connectivity index (χ0v) is 53.7. The van der Waals surface area contributed by atoms with Crippen LogP contribution in [0.1, 0.15) is 290 Å². The van der Waals surface area contributed by atoms with E-state index in [2.05, 4.69) is 173 Å². The van der Waals surface area contributed by atoms with Crippen molar-refractivity contribution in [3.63, 3.8) is 0 Å². The van der Waals surface area contributed by atoms with E-state index in [0.29, 0.717) is 19.3 Å². The monoisotopic (exact) mass is 1140 g/mol. The minimum Gasteiger partial charge on any atom is -0.462 e. The third-order valence-electron chi connectivity index (χ3n) is 14.0. The van der Waals surface area contributed by atoms with Crippen LogP contribution in [0.5, 0.6) is 0 Å². The van der Waals surface area contributed by atoms with Crippen LogP contribution in [0.2, 0.25) is 0 Å². The molecule has 0 aliphatic rings. The van der Waals surface area contributed by atoms with E-state index in [1.807, 2.05) is 6.08 Å². The van der Waals surface area contributed by atoms with Crippen LogP contribution in [0.15, 0.2) is 158 Å². The van der Waals surface area contributed by atoms with Crippen molar-refractivity contribution in [2.45, 2.75) is 297 Å². The summed E-state index contributed by atoms with van der Waals surface area (Å²) in [6.45, 7) is 6.32. The van der Waals surface area contributed by atoms with Gasteiger partial charge in [0.1, 0.15) is 13.2 Å². The van der Waals surface area contributed by atoms with Gasteiger partial charge in [0.05, 0.1) is 0 Å². The standard InChI is InChI=1S/C77H124O6/c1-4-7-10-13-16-19-22-25-28-31-34-36-37-38-39-41-43-46-49-52-55-58-61-64-67-70-76(79)82-73-74(72-81-75(78)69-66-63-60-57-54-51-48-45-42-33-30-27-24-21-18-15-12-9-6-3)83-77(80)71-68-65-62-59-56-53-50-47-44-40-35-32-29-26-23-20-17-14-11-8-5-2/h8-9,11-12,17-18,20-21,26-27,29-31,34-35,40,42,45,47,50-51,54,56,59-60,63,74H,4-7,10,13-16,19,22-25,28,32-33,36-39,41,43-44,46,48-49,52-53,55,57-58,61-62,64-73H2,1-3H3/b11-8-,12-9-,20-17-,21-18-,29-26-,30-27-,34-31-,40-35-,45-42-,50-47-,54-51-,59-56-,63-60-. The minimum atomic E-state index is -0.842. The van der Waals surface area contributed by atoms with E-state index in [1.165, 1.54) is 128 Å². The minimum absolute atomic E-state index is 0.125. The molecule has 0 aliphatic carbocycles. The molecule has 1 unspecified atom stereocenters. The van der Waals surface area contributed by atoms with Crippen molar-refractivity contribution in [2.75, 3.05) is 13.2 Å². The Balaban J connectivity index is 4.53. The van der Waals surface area contributed by atoms with Gasteiger partial charge in [-0.3, -0.25) is 14.4 Å². The Morgan fingerprint density at radius 3 is 0.843 bits per heavy atom. The molecule has 6 nitrogen and oxygen atoms in total. The van der Waals surface area contributed by atoms with E-state index in [9.17, 15) is 14.4 Å². The first kappa shape index (κ1) is 78.0. The van der Waals surface area contributed by atoms with Gasteiger partial charge in [-0.05, 0) is 135 Å². The molecule has 83 heavy (non-hydrogen) atoms. The van der Waals surface area contributed by atoms with Gasteiger partial charge in [-0.2, -0.15) is 0 Å². The van der Waals surface area contributed by atoms with Gasteiger partial charge < -0.3 is 14.2 Å². The van der Waals surface area contributed by atoms with Gasteiger partial charge in [-0.25, -0.2) is 0 Å². The third-order valence-corrected chi connectivity index (χ3v) is 14.0. The smallest absolute Gasteiger partial charge is 0.306 e. The highest BCUT2D eigenvalue weighted by Gasteiger charge is 2.19. The maximum atomic E-state index is 12.9. The molecule has 0 rings (SSSR count). The van der Waals surface area contributed by atoms with Crippen LogP contribution >= 0.6 is 0 Å². The fourth-order valence-corrected chi connectivity index (χ4v) is 9.00. The van der Waals surface area contributed by atoms with E-state index in [-0.39, 0.29) is 44.0 Å². The van der Waals surface area contributed by atoms with Crippen molar-refractivity contribution >= 4 is 17.9 Å². The first-order chi connectivity index (χ1) is 41.0. The summed E-state index contributed by atoms with van der Waals surface area (Å²) >= 11 is 0. The molecule has 0 aromatic carbocycles. The lowest BCUT2D eigenvalue weighted by atomic mass is 10.0. The Hall–Kier alpha value is -4.97. The summed E-state index contributed by atoms with van der Waals surface area (Å²) in [6.07, 6.45) is 101. The second kappa shape index (κ2) is 69.5. The molecule has 0 aliphatic heterocycles. The van der Waals surface area contributed by atoms with Crippen LogP contribution in [0, 0.1) is 0 Å². The number of hydrogen-bond acceptors (Lipinski definition) is 6. The molecule has 0 heterocycles. The van der Waals surface area contributed by atoms with Gasteiger partial charge in [-0.1, -0.05) is 294 Å². The Kier molecular flexibility index (Phi) is 65.4. The van der Waals surface area contributed by atoms with Crippen molar-refractivity contribution in [3.8, 4) is 0 Å². The fraction of sp³-hybridized carbons (Fsp3) is 0.623. The topological polar surface area (TPSA) is 78.9 Å². The van der Waals surface area contributed by atoms with Crippen molar-refractivity contribution in [1.29, 1.82) is 0 Å². The summed E-state index contributed by atoms with van der Waals surface area (Å²) in [5.74, 6) is -1.06. The quantitative estimate of drug-likeness (QED) is 0.0261. The Labute approximate surface area is 511 Å². The number of carbonyl (C=O) groups is 3. The zero-order valence-electron chi connectivity index (χ0n) is 53.7. The largest absolute Gasteiger partial charge is 0.462 e. The van der Waals surface area contributed by atoms with Gasteiger partial charge in [-0.15, -0.1) is 0 Å². The van der Waals surface area contributed by atoms with E-state index in [1.54, 1.807) is 0 Å². The molecule has 0 amide bonds. The predicted molar refractivity (Wildman–Crippen MR) is 362 cm³/mol. The van der Waals surface area contributed by atoms with Crippen molar-refractivity contribution in [2.24, 2.45) is 0 Å². The third kappa shape index (κ3) is 67.7. The summed E-state index contributed by atoms with van der Waals surface area (Å²) < 4.78 is 16.9. The molecule has 0 bridgehead atoms. The van der Waals surface area contributed by atoms with Crippen LogP contribution in [0.4, 0.5) is 0 Å². The van der Waals surface area contributed by atoms with Gasteiger partial charge in [0.15, 0.2) is 6.10 Å². The highest BCUT2D eigenvalue weighted by molar-refractivity contribution is 5.71. The molecule has 468 valence electrons. The number of allylic oxidation sites excluding steroid dienone is 26. The molecular formula is C77H124O6. The predicted octanol–water partition coefficient (Wildman–Crippen LogP) is 23.7. The molecule has 0 N–H and O–H groups in total. The maximum absolute atomic E-state index is 12.9. The lowest BCUT2D eigenvalue weighted by molar-refractivity contribution is -0.166. The SMILES string of the molecule is CC/C=C\C/C=C\C/C=C\C/C=C\C/C=C\C/C=C\CCCCC(=O)OC(COC(=O)CC/C=C\C/C=C\C/C=C\C/C=C\C/C=C\C/C=C\CC)COC(=O)CCCCCCCCCCCCCCC/C=C\CCCCCCCCCC. The summed E-state index contributed by atoms with van der Waals surface area (Å²) in [7, 11) is 0. The first-order valence-corrected chi connectivity index (χ1v) is 34.0. The molecule has 0 spiro atoms. The molecule has 0 radical (unpaired) electrons. The average Bonchev–Trinajstić information content (AvgIpc) is 3.50.